The summed E-state index contributed by atoms with van der Waals surface area (Å²) < 4.78 is 0. The second kappa shape index (κ2) is 3.77. The summed E-state index contributed by atoms with van der Waals surface area (Å²) in [5.41, 5.74) is 11.3. The summed E-state index contributed by atoms with van der Waals surface area (Å²) in [6.45, 7) is 6.26. The molecule has 6 N–H and O–H groups in total. The lowest BCUT2D eigenvalue weighted by Crippen LogP contribution is -2.51. The SMILES string of the molecule is CCC(C)(N)C1CC1(CC)NC(N)O. The van der Waals surface area contributed by atoms with Gasteiger partial charge in [-0.3, -0.25) is 11.1 Å². The van der Waals surface area contributed by atoms with Crippen molar-refractivity contribution in [3.8, 4) is 0 Å². The van der Waals surface area contributed by atoms with E-state index in [0.29, 0.717) is 5.92 Å². The Balaban J connectivity index is 2.62. The second-order valence-corrected chi connectivity index (χ2v) is 4.71. The summed E-state index contributed by atoms with van der Waals surface area (Å²) in [7, 11) is 0. The predicted octanol–water partition coefficient (Wildman–Crippen LogP) is 0.107. The van der Waals surface area contributed by atoms with E-state index >= 15 is 0 Å². The summed E-state index contributed by atoms with van der Waals surface area (Å²) in [6, 6.07) is 0. The van der Waals surface area contributed by atoms with Crippen LogP contribution in [0.25, 0.3) is 0 Å². The van der Waals surface area contributed by atoms with Gasteiger partial charge in [-0.1, -0.05) is 13.8 Å². The molecule has 0 aromatic carbocycles. The summed E-state index contributed by atoms with van der Waals surface area (Å²) in [4.78, 5) is 0. The molecule has 1 saturated carbocycles. The number of hydrogen-bond donors (Lipinski definition) is 4. The molecule has 4 unspecified atom stereocenters. The summed E-state index contributed by atoms with van der Waals surface area (Å²) >= 11 is 0. The van der Waals surface area contributed by atoms with Crippen LogP contribution in [-0.4, -0.2) is 22.5 Å². The van der Waals surface area contributed by atoms with Crippen LogP contribution in [0.15, 0.2) is 0 Å². The van der Waals surface area contributed by atoms with Crippen molar-refractivity contribution < 1.29 is 5.11 Å². The Morgan fingerprint density at radius 1 is 1.64 bits per heavy atom. The molecule has 4 heteroatoms. The number of rotatable bonds is 5. The summed E-state index contributed by atoms with van der Waals surface area (Å²) in [6.07, 6.45) is 1.98. The Morgan fingerprint density at radius 2 is 2.21 bits per heavy atom. The Hall–Kier alpha value is -0.160. The third kappa shape index (κ3) is 2.08. The molecule has 1 rings (SSSR count). The van der Waals surface area contributed by atoms with Crippen molar-refractivity contribution in [1.82, 2.24) is 5.32 Å². The molecule has 0 bridgehead atoms. The number of hydrogen-bond acceptors (Lipinski definition) is 4. The van der Waals surface area contributed by atoms with Gasteiger partial charge in [-0.15, -0.1) is 0 Å². The lowest BCUT2D eigenvalue weighted by Gasteiger charge is -2.28. The van der Waals surface area contributed by atoms with Crippen LogP contribution < -0.4 is 16.8 Å². The van der Waals surface area contributed by atoms with Crippen LogP contribution in [0.4, 0.5) is 0 Å². The molecule has 0 saturated heterocycles. The highest BCUT2D eigenvalue weighted by atomic mass is 16.3. The highest BCUT2D eigenvalue weighted by Gasteiger charge is 2.59. The Morgan fingerprint density at radius 3 is 2.57 bits per heavy atom. The number of aliphatic hydroxyl groups excluding tert-OH is 1. The number of aliphatic hydroxyl groups is 1. The minimum Gasteiger partial charge on any atom is -0.366 e. The lowest BCUT2D eigenvalue weighted by molar-refractivity contribution is 0.114. The molecule has 1 fully saturated rings. The van der Waals surface area contributed by atoms with E-state index in [0.717, 1.165) is 19.3 Å². The fraction of sp³-hybridized carbons (Fsp3) is 1.00. The van der Waals surface area contributed by atoms with E-state index in [1.54, 1.807) is 0 Å². The zero-order valence-electron chi connectivity index (χ0n) is 9.38. The van der Waals surface area contributed by atoms with Gasteiger partial charge in [0.05, 0.1) is 0 Å². The van der Waals surface area contributed by atoms with Crippen LogP contribution in [0, 0.1) is 5.92 Å². The molecule has 84 valence electrons. The van der Waals surface area contributed by atoms with Crippen molar-refractivity contribution in [3.05, 3.63) is 0 Å². The highest BCUT2D eigenvalue weighted by Crippen LogP contribution is 2.52. The van der Waals surface area contributed by atoms with Crippen molar-refractivity contribution in [2.75, 3.05) is 0 Å². The molecule has 1 aliphatic rings. The first-order valence-electron chi connectivity index (χ1n) is 5.38. The minimum absolute atomic E-state index is 0.0341. The van der Waals surface area contributed by atoms with Crippen LogP contribution in [-0.2, 0) is 0 Å². The van der Waals surface area contributed by atoms with Crippen LogP contribution in [0.5, 0.6) is 0 Å². The molecule has 0 amide bonds. The maximum absolute atomic E-state index is 9.14. The number of nitrogens with two attached hydrogens (primary N) is 2. The first kappa shape index (κ1) is 11.9. The Bertz CT molecular complexity index is 206. The van der Waals surface area contributed by atoms with Crippen LogP contribution in [0.3, 0.4) is 0 Å². The van der Waals surface area contributed by atoms with E-state index in [2.05, 4.69) is 26.1 Å². The van der Waals surface area contributed by atoms with E-state index in [9.17, 15) is 0 Å². The number of nitrogens with one attached hydrogen (secondary N) is 1. The maximum atomic E-state index is 9.14. The Kier molecular flexibility index (Phi) is 3.21. The van der Waals surface area contributed by atoms with Gasteiger partial charge in [0.2, 0.25) is 0 Å². The quantitative estimate of drug-likeness (QED) is 0.476. The van der Waals surface area contributed by atoms with Gasteiger partial charge in [0.15, 0.2) is 6.35 Å². The van der Waals surface area contributed by atoms with Gasteiger partial charge < -0.3 is 10.8 Å². The zero-order chi connectivity index (χ0) is 11.0. The molecular formula is C10H23N3O. The smallest absolute Gasteiger partial charge is 0.158 e. The molecule has 0 aromatic rings. The van der Waals surface area contributed by atoms with E-state index in [4.69, 9.17) is 16.6 Å². The van der Waals surface area contributed by atoms with Crippen molar-refractivity contribution in [1.29, 1.82) is 0 Å². The molecule has 0 aromatic heterocycles. The molecule has 0 spiro atoms. The first-order chi connectivity index (χ1) is 6.38. The van der Waals surface area contributed by atoms with E-state index < -0.39 is 6.35 Å². The normalized spacial score (nSPS) is 37.7. The van der Waals surface area contributed by atoms with Gasteiger partial charge in [0, 0.05) is 11.1 Å². The largest absolute Gasteiger partial charge is 0.366 e. The molecule has 0 radical (unpaired) electrons. The third-order valence-electron chi connectivity index (χ3n) is 3.70. The summed E-state index contributed by atoms with van der Waals surface area (Å²) in [5.74, 6) is 0.420. The van der Waals surface area contributed by atoms with Crippen LogP contribution >= 0.6 is 0 Å². The van der Waals surface area contributed by atoms with E-state index in [1.807, 2.05) is 0 Å². The average Bonchev–Trinajstić information content (AvgIpc) is 2.80. The zero-order valence-corrected chi connectivity index (χ0v) is 9.38. The van der Waals surface area contributed by atoms with Gasteiger partial charge in [-0.05, 0) is 32.1 Å². The third-order valence-corrected chi connectivity index (χ3v) is 3.70. The van der Waals surface area contributed by atoms with E-state index in [-0.39, 0.29) is 11.1 Å². The first-order valence-corrected chi connectivity index (χ1v) is 5.38. The van der Waals surface area contributed by atoms with Crippen molar-refractivity contribution in [2.24, 2.45) is 17.4 Å². The lowest BCUT2D eigenvalue weighted by atomic mass is 9.90. The molecule has 0 heterocycles. The highest BCUT2D eigenvalue weighted by molar-refractivity contribution is 5.17. The topological polar surface area (TPSA) is 84.3 Å². The molecule has 4 nitrogen and oxygen atoms in total. The molecule has 0 aliphatic heterocycles. The minimum atomic E-state index is -0.937. The standard InChI is InChI=1S/C10H23N3O/c1-4-9(3,12)7-6-10(7,5-2)13-8(11)14/h7-8,13-14H,4-6,11-12H2,1-3H3. The van der Waals surface area contributed by atoms with Gasteiger partial charge >= 0.3 is 0 Å². The van der Waals surface area contributed by atoms with Gasteiger partial charge in [-0.2, -0.15) is 0 Å². The van der Waals surface area contributed by atoms with Crippen molar-refractivity contribution >= 4 is 0 Å². The van der Waals surface area contributed by atoms with Crippen LogP contribution in [0.1, 0.15) is 40.0 Å². The fourth-order valence-electron chi connectivity index (χ4n) is 2.36. The van der Waals surface area contributed by atoms with Crippen LogP contribution in [0.2, 0.25) is 0 Å². The van der Waals surface area contributed by atoms with Gasteiger partial charge in [0.25, 0.3) is 0 Å². The fourth-order valence-corrected chi connectivity index (χ4v) is 2.36. The summed E-state index contributed by atoms with van der Waals surface area (Å²) in [5, 5.41) is 12.2. The second-order valence-electron chi connectivity index (χ2n) is 4.71. The maximum Gasteiger partial charge on any atom is 0.158 e. The van der Waals surface area contributed by atoms with E-state index in [1.165, 1.54) is 0 Å². The van der Waals surface area contributed by atoms with Crippen molar-refractivity contribution in [2.45, 2.75) is 57.5 Å². The van der Waals surface area contributed by atoms with Gasteiger partial charge in [-0.25, -0.2) is 0 Å². The molecule has 4 atom stereocenters. The predicted molar refractivity (Wildman–Crippen MR) is 57.3 cm³/mol. The average molecular weight is 201 g/mol. The monoisotopic (exact) mass is 201 g/mol. The molecule has 14 heavy (non-hydrogen) atoms. The van der Waals surface area contributed by atoms with Crippen molar-refractivity contribution in [3.63, 3.8) is 0 Å². The van der Waals surface area contributed by atoms with Gasteiger partial charge in [0.1, 0.15) is 0 Å². The molecular weight excluding hydrogens is 178 g/mol. The Labute approximate surface area is 86.0 Å². The molecule has 1 aliphatic carbocycles.